The van der Waals surface area contributed by atoms with Crippen molar-refractivity contribution >= 4 is 35.5 Å². The van der Waals surface area contributed by atoms with E-state index in [9.17, 15) is 9.18 Å². The van der Waals surface area contributed by atoms with Gasteiger partial charge in [0.2, 0.25) is 0 Å². The molecule has 0 radical (unpaired) electrons. The van der Waals surface area contributed by atoms with E-state index in [4.69, 9.17) is 15.2 Å². The van der Waals surface area contributed by atoms with Crippen molar-refractivity contribution in [2.75, 3.05) is 38.7 Å². The zero-order chi connectivity index (χ0) is 24.8. The van der Waals surface area contributed by atoms with E-state index in [2.05, 4.69) is 20.6 Å². The van der Waals surface area contributed by atoms with Crippen molar-refractivity contribution in [1.82, 2.24) is 19.7 Å². The first-order valence-electron chi connectivity index (χ1n) is 11.1. The number of hydrogen-bond donors (Lipinski definition) is 3. The van der Waals surface area contributed by atoms with E-state index in [1.54, 1.807) is 42.9 Å². The molecule has 0 bridgehead atoms. The molecule has 2 aromatic carbocycles. The largest absolute Gasteiger partial charge is 0.494 e. The van der Waals surface area contributed by atoms with Crippen LogP contribution in [0.2, 0.25) is 0 Å². The summed E-state index contributed by atoms with van der Waals surface area (Å²) in [7, 11) is 1.43. The predicted octanol–water partition coefficient (Wildman–Crippen LogP) is 3.72. The van der Waals surface area contributed by atoms with E-state index >= 15 is 0 Å². The van der Waals surface area contributed by atoms with Gasteiger partial charge in [0.05, 0.1) is 32.2 Å². The molecule has 36 heavy (non-hydrogen) atoms. The number of imidazole rings is 1. The van der Waals surface area contributed by atoms with Gasteiger partial charge in [0.15, 0.2) is 23.0 Å². The Morgan fingerprint density at radius 1 is 1.17 bits per heavy atom. The zero-order valence-corrected chi connectivity index (χ0v) is 20.8. The molecule has 0 saturated carbocycles. The Labute approximate surface area is 214 Å². The van der Waals surface area contributed by atoms with E-state index in [1.165, 1.54) is 13.2 Å². The van der Waals surface area contributed by atoms with Gasteiger partial charge in [-0.3, -0.25) is 9.20 Å². The summed E-state index contributed by atoms with van der Waals surface area (Å²) >= 11 is 0. The van der Waals surface area contributed by atoms with E-state index in [-0.39, 0.29) is 24.1 Å². The number of nitrogens with zero attached hydrogens (tertiary/aromatic N) is 3. The van der Waals surface area contributed by atoms with Crippen LogP contribution in [-0.4, -0.2) is 53.7 Å². The lowest BCUT2D eigenvalue weighted by molar-refractivity contribution is 0.0919. The van der Waals surface area contributed by atoms with E-state index in [1.807, 2.05) is 17.4 Å². The van der Waals surface area contributed by atoms with E-state index in [0.29, 0.717) is 54.6 Å². The Morgan fingerprint density at radius 3 is 2.72 bits per heavy atom. The number of methoxy groups -OCH3 is 1. The van der Waals surface area contributed by atoms with Crippen LogP contribution in [-0.2, 0) is 4.74 Å². The summed E-state index contributed by atoms with van der Waals surface area (Å²) < 4.78 is 26.3. The number of carbonyl (C=O) groups is 1. The van der Waals surface area contributed by atoms with Crippen molar-refractivity contribution in [2.45, 2.75) is 6.92 Å². The molecule has 1 amide bonds. The maximum absolute atomic E-state index is 14.2. The average molecular weight is 515 g/mol. The number of anilines is 2. The van der Waals surface area contributed by atoms with Gasteiger partial charge in [-0.05, 0) is 48.9 Å². The maximum Gasteiger partial charge on any atom is 0.251 e. The van der Waals surface area contributed by atoms with Crippen LogP contribution in [0.5, 0.6) is 5.75 Å². The molecule has 2 aromatic heterocycles. The lowest BCUT2D eigenvalue weighted by Crippen LogP contribution is -2.28. The third-order valence-corrected chi connectivity index (χ3v) is 5.40. The fourth-order valence-electron chi connectivity index (χ4n) is 3.70. The molecule has 2 heterocycles. The van der Waals surface area contributed by atoms with Gasteiger partial charge >= 0.3 is 0 Å². The Balaban J connectivity index is 0.00000361. The van der Waals surface area contributed by atoms with Gasteiger partial charge in [-0.25, -0.2) is 14.4 Å². The number of rotatable bonds is 10. The number of benzene rings is 2. The highest BCUT2D eigenvalue weighted by molar-refractivity contribution is 5.96. The number of hydrogen-bond acceptors (Lipinski definition) is 7. The topological polar surface area (TPSA) is 116 Å². The molecule has 0 unspecified atom stereocenters. The number of amides is 1. The minimum Gasteiger partial charge on any atom is -0.494 e. The molecule has 4 aromatic rings. The van der Waals surface area contributed by atoms with Gasteiger partial charge < -0.3 is 25.8 Å². The molecule has 0 atom stereocenters. The highest BCUT2D eigenvalue weighted by atomic mass is 35.5. The maximum atomic E-state index is 14.2. The Hall–Kier alpha value is -3.73. The van der Waals surface area contributed by atoms with Gasteiger partial charge in [0.25, 0.3) is 5.91 Å². The molecule has 0 saturated heterocycles. The summed E-state index contributed by atoms with van der Waals surface area (Å²) in [5.74, 6) is 0.0886. The van der Waals surface area contributed by atoms with Crippen LogP contribution in [0.4, 0.5) is 15.9 Å². The second-order valence-electron chi connectivity index (χ2n) is 7.77. The molecule has 0 aliphatic rings. The Morgan fingerprint density at radius 2 is 2.00 bits per heavy atom. The van der Waals surface area contributed by atoms with Crippen molar-refractivity contribution < 1.29 is 18.7 Å². The number of aromatic nitrogens is 3. The first kappa shape index (κ1) is 26.9. The smallest absolute Gasteiger partial charge is 0.251 e. The van der Waals surface area contributed by atoms with Gasteiger partial charge in [0.1, 0.15) is 0 Å². The molecular formula is C25H28ClFN6O3. The van der Waals surface area contributed by atoms with Gasteiger partial charge in [0, 0.05) is 42.3 Å². The number of halogens is 2. The summed E-state index contributed by atoms with van der Waals surface area (Å²) in [6.45, 7) is 3.59. The van der Waals surface area contributed by atoms with Crippen LogP contribution in [0.3, 0.4) is 0 Å². The number of fused-ring (bicyclic) bond motifs is 1. The number of aryl methyl sites for hydroxylation is 1. The lowest BCUT2D eigenvalue weighted by atomic mass is 10.1. The number of carbonyl (C=O) groups excluding carboxylic acids is 1. The monoisotopic (exact) mass is 514 g/mol. The molecule has 9 nitrogen and oxygen atoms in total. The second kappa shape index (κ2) is 12.3. The van der Waals surface area contributed by atoms with Gasteiger partial charge in [-0.1, -0.05) is 0 Å². The first-order valence-corrected chi connectivity index (χ1v) is 11.1. The summed E-state index contributed by atoms with van der Waals surface area (Å²) in [6, 6.07) is 10.2. The SMILES string of the molecule is COc1ccc(-c2cnc3c(Nc4ccc(C(=O)NCCOCCN)c(C)c4)nccn23)cc1F.Cl. The lowest BCUT2D eigenvalue weighted by Gasteiger charge is -2.12. The molecule has 0 aliphatic carbocycles. The highest BCUT2D eigenvalue weighted by Gasteiger charge is 2.14. The standard InChI is InChI=1S/C25H27FN6O3.ClH/c1-16-13-18(4-5-19(16)25(33)29-9-12-35-11-7-27)31-23-24-30-15-21(32(24)10-8-28-23)17-3-6-22(34-2)20(26)14-17;/h3-6,8,10,13-15H,7,9,11-12,27H2,1-2H3,(H,28,31)(H,29,33);1H. The molecule has 4 rings (SSSR count). The van der Waals surface area contributed by atoms with Crippen LogP contribution < -0.4 is 21.1 Å². The fourth-order valence-corrected chi connectivity index (χ4v) is 3.70. The van der Waals surface area contributed by atoms with Crippen LogP contribution in [0.25, 0.3) is 16.9 Å². The molecule has 0 spiro atoms. The van der Waals surface area contributed by atoms with E-state index in [0.717, 1.165) is 11.3 Å². The summed E-state index contributed by atoms with van der Waals surface area (Å²) in [5, 5.41) is 6.10. The van der Waals surface area contributed by atoms with Crippen LogP contribution in [0.1, 0.15) is 15.9 Å². The average Bonchev–Trinajstić information content (AvgIpc) is 3.29. The molecular weight excluding hydrogens is 487 g/mol. The second-order valence-corrected chi connectivity index (χ2v) is 7.77. The van der Waals surface area contributed by atoms with Crippen molar-refractivity contribution in [2.24, 2.45) is 5.73 Å². The Bertz CT molecular complexity index is 1350. The van der Waals surface area contributed by atoms with Crippen molar-refractivity contribution in [3.05, 3.63) is 71.9 Å². The third kappa shape index (κ3) is 5.91. The molecule has 190 valence electrons. The third-order valence-electron chi connectivity index (χ3n) is 5.40. The fraction of sp³-hybridized carbons (Fsp3) is 0.240. The minimum absolute atomic E-state index is 0. The minimum atomic E-state index is -0.449. The number of nitrogens with one attached hydrogen (secondary N) is 2. The number of nitrogens with two attached hydrogens (primary N) is 1. The molecule has 0 fully saturated rings. The van der Waals surface area contributed by atoms with E-state index < -0.39 is 5.82 Å². The molecule has 4 N–H and O–H groups in total. The van der Waals surface area contributed by atoms with Gasteiger partial charge in [-0.15, -0.1) is 12.4 Å². The van der Waals surface area contributed by atoms with Gasteiger partial charge in [-0.2, -0.15) is 0 Å². The predicted molar refractivity (Wildman–Crippen MR) is 139 cm³/mol. The van der Waals surface area contributed by atoms with Crippen LogP contribution >= 0.6 is 12.4 Å². The summed E-state index contributed by atoms with van der Waals surface area (Å²) in [4.78, 5) is 21.4. The molecule has 0 aliphatic heterocycles. The molecule has 11 heteroatoms. The van der Waals surface area contributed by atoms with Crippen LogP contribution in [0, 0.1) is 12.7 Å². The Kier molecular flexibility index (Phi) is 9.18. The summed E-state index contributed by atoms with van der Waals surface area (Å²) in [6.07, 6.45) is 5.07. The van der Waals surface area contributed by atoms with Crippen molar-refractivity contribution in [3.8, 4) is 17.0 Å². The number of ether oxygens (including phenoxy) is 2. The quantitative estimate of drug-likeness (QED) is 0.276. The van der Waals surface area contributed by atoms with Crippen molar-refractivity contribution in [1.29, 1.82) is 0 Å². The normalized spacial score (nSPS) is 10.7. The first-order chi connectivity index (χ1) is 17.0. The van der Waals surface area contributed by atoms with Crippen molar-refractivity contribution in [3.63, 3.8) is 0 Å². The van der Waals surface area contributed by atoms with Crippen LogP contribution in [0.15, 0.2) is 55.0 Å². The summed E-state index contributed by atoms with van der Waals surface area (Å²) in [5.41, 5.74) is 9.47. The highest BCUT2D eigenvalue weighted by Crippen LogP contribution is 2.28. The zero-order valence-electron chi connectivity index (χ0n) is 20.0.